The Hall–Kier alpha value is -0.590. The molecule has 0 saturated carbocycles. The van der Waals surface area contributed by atoms with Gasteiger partial charge in [-0.3, -0.25) is 0 Å². The summed E-state index contributed by atoms with van der Waals surface area (Å²) in [6.07, 6.45) is 0.858. The van der Waals surface area contributed by atoms with E-state index in [1.54, 1.807) is 18.4 Å². The van der Waals surface area contributed by atoms with E-state index >= 15 is 0 Å². The van der Waals surface area contributed by atoms with Gasteiger partial charge in [0, 0.05) is 6.04 Å². The Morgan fingerprint density at radius 2 is 2.06 bits per heavy atom. The number of methoxy groups -OCH3 is 1. The van der Waals surface area contributed by atoms with Crippen LogP contribution in [0, 0.1) is 2.88 Å². The number of hydrogen-bond acceptors (Lipinski definition) is 3. The van der Waals surface area contributed by atoms with E-state index in [4.69, 9.17) is 10.5 Å². The molecule has 2 nitrogen and oxygen atoms in total. The second-order valence-electron chi connectivity index (χ2n) is 3.84. The van der Waals surface area contributed by atoms with E-state index in [1.165, 1.54) is 14.0 Å². The Balaban J connectivity index is 2.04. The Morgan fingerprint density at radius 3 is 2.59 bits per heavy atom. The van der Waals surface area contributed by atoms with Crippen molar-refractivity contribution in [1.82, 2.24) is 0 Å². The van der Waals surface area contributed by atoms with Crippen molar-refractivity contribution in [3.8, 4) is 5.75 Å². The number of thiophene rings is 1. The summed E-state index contributed by atoms with van der Waals surface area (Å²) >= 11 is 4.06. The Morgan fingerprint density at radius 1 is 1.35 bits per heavy atom. The number of ether oxygens (including phenoxy) is 1. The summed E-state index contributed by atoms with van der Waals surface area (Å²) in [6.45, 7) is 0. The zero-order valence-electron chi connectivity index (χ0n) is 9.52. The van der Waals surface area contributed by atoms with Gasteiger partial charge in [-0.25, -0.2) is 0 Å². The van der Waals surface area contributed by atoms with Gasteiger partial charge in [0.15, 0.2) is 0 Å². The highest BCUT2D eigenvalue weighted by Crippen LogP contribution is 2.24. The van der Waals surface area contributed by atoms with Crippen LogP contribution in [-0.2, 0) is 6.42 Å². The van der Waals surface area contributed by atoms with Crippen molar-refractivity contribution >= 4 is 33.9 Å². The average Bonchev–Trinajstić information content (AvgIpc) is 2.77. The largest absolute Gasteiger partial charge is 0.497 e. The quantitative estimate of drug-likeness (QED) is 0.847. The van der Waals surface area contributed by atoms with Gasteiger partial charge in [-0.05, 0) is 63.7 Å². The highest BCUT2D eigenvalue weighted by atomic mass is 127. The number of halogens is 1. The third kappa shape index (κ3) is 3.43. The molecular weight excluding hydrogens is 345 g/mol. The number of benzene rings is 1. The lowest BCUT2D eigenvalue weighted by Crippen LogP contribution is -2.12. The molecule has 1 unspecified atom stereocenters. The van der Waals surface area contributed by atoms with Crippen LogP contribution in [0.3, 0.4) is 0 Å². The predicted molar refractivity (Wildman–Crippen MR) is 80.7 cm³/mol. The molecule has 4 heteroatoms. The zero-order valence-corrected chi connectivity index (χ0v) is 12.5. The number of nitrogens with two attached hydrogens (primary N) is 1. The van der Waals surface area contributed by atoms with Crippen LogP contribution in [0.2, 0.25) is 0 Å². The summed E-state index contributed by atoms with van der Waals surface area (Å²) in [6, 6.07) is 10.3. The summed E-state index contributed by atoms with van der Waals surface area (Å²) in [5, 5.41) is 2.13. The maximum Gasteiger partial charge on any atom is 0.118 e. The van der Waals surface area contributed by atoms with E-state index in [-0.39, 0.29) is 6.04 Å². The standard InChI is InChI=1S/C13H14INOS/c1-16-11-4-2-9(3-5-11)6-12(15)10-7-13(14)17-8-10/h2-5,7-8,12H,6,15H2,1H3. The molecule has 2 N–H and O–H groups in total. The van der Waals surface area contributed by atoms with E-state index in [1.807, 2.05) is 12.1 Å². The minimum absolute atomic E-state index is 0.0724. The van der Waals surface area contributed by atoms with E-state index in [0.29, 0.717) is 0 Å². The SMILES string of the molecule is COc1ccc(CC(N)c2csc(I)c2)cc1. The number of rotatable bonds is 4. The monoisotopic (exact) mass is 359 g/mol. The second-order valence-corrected chi connectivity index (χ2v) is 6.65. The van der Waals surface area contributed by atoms with Gasteiger partial charge in [-0.15, -0.1) is 11.3 Å². The molecule has 0 spiro atoms. The predicted octanol–water partition coefficient (Wildman–Crippen LogP) is 3.60. The fourth-order valence-corrected chi connectivity index (χ4v) is 3.09. The molecule has 0 fully saturated rings. The Kier molecular flexibility index (Phi) is 4.42. The third-order valence-electron chi connectivity index (χ3n) is 2.63. The molecule has 2 rings (SSSR count). The minimum Gasteiger partial charge on any atom is -0.497 e. The first kappa shape index (κ1) is 12.9. The van der Waals surface area contributed by atoms with Crippen LogP contribution in [-0.4, -0.2) is 7.11 Å². The Bertz CT molecular complexity index is 480. The summed E-state index contributed by atoms with van der Waals surface area (Å²) in [5.74, 6) is 0.882. The van der Waals surface area contributed by atoms with Crippen molar-refractivity contribution in [3.63, 3.8) is 0 Å². The highest BCUT2D eigenvalue weighted by molar-refractivity contribution is 14.1. The molecule has 0 amide bonds. The Labute approximate surface area is 119 Å². The van der Waals surface area contributed by atoms with Crippen molar-refractivity contribution in [2.24, 2.45) is 5.73 Å². The molecule has 1 heterocycles. The van der Waals surface area contributed by atoms with E-state index < -0.39 is 0 Å². The van der Waals surface area contributed by atoms with Crippen LogP contribution in [0.5, 0.6) is 5.75 Å². The van der Waals surface area contributed by atoms with Crippen LogP contribution in [0.15, 0.2) is 35.7 Å². The number of hydrogen-bond donors (Lipinski definition) is 1. The maximum atomic E-state index is 6.18. The molecule has 0 bridgehead atoms. The van der Waals surface area contributed by atoms with Gasteiger partial charge >= 0.3 is 0 Å². The van der Waals surface area contributed by atoms with Gasteiger partial charge in [0.25, 0.3) is 0 Å². The lowest BCUT2D eigenvalue weighted by molar-refractivity contribution is 0.414. The highest BCUT2D eigenvalue weighted by Gasteiger charge is 2.09. The summed E-state index contributed by atoms with van der Waals surface area (Å²) in [4.78, 5) is 0. The second kappa shape index (κ2) is 5.84. The molecule has 1 aromatic carbocycles. The van der Waals surface area contributed by atoms with Crippen molar-refractivity contribution in [2.75, 3.05) is 7.11 Å². The first-order valence-electron chi connectivity index (χ1n) is 5.31. The first-order chi connectivity index (χ1) is 8.19. The van der Waals surface area contributed by atoms with Gasteiger partial charge in [-0.1, -0.05) is 12.1 Å². The van der Waals surface area contributed by atoms with Crippen LogP contribution >= 0.6 is 33.9 Å². The molecule has 2 aromatic rings. The first-order valence-corrected chi connectivity index (χ1v) is 7.27. The molecule has 0 radical (unpaired) electrons. The maximum absolute atomic E-state index is 6.18. The molecule has 0 aliphatic rings. The summed E-state index contributed by atoms with van der Waals surface area (Å²) in [7, 11) is 1.67. The molecule has 0 aliphatic heterocycles. The van der Waals surface area contributed by atoms with E-state index in [9.17, 15) is 0 Å². The van der Waals surface area contributed by atoms with Crippen LogP contribution in [0.4, 0.5) is 0 Å². The van der Waals surface area contributed by atoms with Crippen molar-refractivity contribution < 1.29 is 4.74 Å². The van der Waals surface area contributed by atoms with Gasteiger partial charge in [0.1, 0.15) is 5.75 Å². The van der Waals surface area contributed by atoms with E-state index in [2.05, 4.69) is 46.2 Å². The molecule has 90 valence electrons. The van der Waals surface area contributed by atoms with Crippen LogP contribution < -0.4 is 10.5 Å². The lowest BCUT2D eigenvalue weighted by atomic mass is 10.0. The van der Waals surface area contributed by atoms with Gasteiger partial charge in [0.05, 0.1) is 9.99 Å². The fourth-order valence-electron chi connectivity index (χ4n) is 1.65. The van der Waals surface area contributed by atoms with E-state index in [0.717, 1.165) is 12.2 Å². The zero-order chi connectivity index (χ0) is 12.3. The smallest absolute Gasteiger partial charge is 0.118 e. The normalized spacial score (nSPS) is 12.4. The molecule has 17 heavy (non-hydrogen) atoms. The molecule has 1 atom stereocenters. The topological polar surface area (TPSA) is 35.2 Å². The van der Waals surface area contributed by atoms with Crippen molar-refractivity contribution in [2.45, 2.75) is 12.5 Å². The van der Waals surface area contributed by atoms with Gasteiger partial charge in [-0.2, -0.15) is 0 Å². The molecule has 1 aromatic heterocycles. The van der Waals surface area contributed by atoms with Gasteiger partial charge < -0.3 is 10.5 Å². The average molecular weight is 359 g/mol. The molecule has 0 saturated heterocycles. The fraction of sp³-hybridized carbons (Fsp3) is 0.231. The van der Waals surface area contributed by atoms with Gasteiger partial charge in [0.2, 0.25) is 0 Å². The van der Waals surface area contributed by atoms with Crippen LogP contribution in [0.25, 0.3) is 0 Å². The summed E-state index contributed by atoms with van der Waals surface area (Å²) < 4.78 is 6.41. The molecular formula is C13H14INOS. The third-order valence-corrected chi connectivity index (χ3v) is 4.44. The lowest BCUT2D eigenvalue weighted by Gasteiger charge is -2.10. The van der Waals surface area contributed by atoms with Crippen molar-refractivity contribution in [3.05, 3.63) is 49.7 Å². The van der Waals surface area contributed by atoms with Crippen LogP contribution in [0.1, 0.15) is 17.2 Å². The van der Waals surface area contributed by atoms with Crippen molar-refractivity contribution in [1.29, 1.82) is 0 Å². The minimum atomic E-state index is 0.0724. The molecule has 0 aliphatic carbocycles. The summed E-state index contributed by atoms with van der Waals surface area (Å²) in [5.41, 5.74) is 8.64.